The molecule has 2 rings (SSSR count). The highest BCUT2D eigenvalue weighted by molar-refractivity contribution is 5.81. The van der Waals surface area contributed by atoms with Crippen LogP contribution in [-0.4, -0.2) is 37.7 Å². The minimum absolute atomic E-state index is 0.0372. The topological polar surface area (TPSA) is 79.5 Å². The molecule has 0 radical (unpaired) electrons. The minimum Gasteiger partial charge on any atom is -0.445 e. The van der Waals surface area contributed by atoms with E-state index < -0.39 is 6.09 Å². The van der Waals surface area contributed by atoms with Gasteiger partial charge in [0.05, 0.1) is 6.04 Å². The first kappa shape index (κ1) is 18.3. The number of carbonyl (C=O) groups is 2. The quantitative estimate of drug-likeness (QED) is 0.635. The van der Waals surface area contributed by atoms with Gasteiger partial charge in [0, 0.05) is 13.1 Å². The van der Waals surface area contributed by atoms with Gasteiger partial charge in [-0.3, -0.25) is 4.79 Å². The zero-order chi connectivity index (χ0) is 17.0. The van der Waals surface area contributed by atoms with Crippen molar-refractivity contribution < 1.29 is 14.3 Å². The molecule has 1 atom stereocenters. The van der Waals surface area contributed by atoms with Gasteiger partial charge in [-0.2, -0.15) is 0 Å². The largest absolute Gasteiger partial charge is 0.445 e. The lowest BCUT2D eigenvalue weighted by Gasteiger charge is -2.22. The van der Waals surface area contributed by atoms with Gasteiger partial charge in [-0.05, 0) is 37.8 Å². The van der Waals surface area contributed by atoms with Crippen LogP contribution in [0.15, 0.2) is 30.3 Å². The summed E-state index contributed by atoms with van der Waals surface area (Å²) in [5.41, 5.74) is 0.965. The highest BCUT2D eigenvalue weighted by atomic mass is 16.5. The number of benzene rings is 1. The molecular weight excluding hydrogens is 306 g/mol. The van der Waals surface area contributed by atoms with Gasteiger partial charge in [-0.15, -0.1) is 0 Å². The Morgan fingerprint density at radius 3 is 2.54 bits per heavy atom. The monoisotopic (exact) mass is 333 g/mol. The Kier molecular flexibility index (Phi) is 8.10. The zero-order valence-corrected chi connectivity index (χ0v) is 14.1. The molecule has 6 nitrogen and oxygen atoms in total. The van der Waals surface area contributed by atoms with Crippen molar-refractivity contribution in [3.8, 4) is 0 Å². The van der Waals surface area contributed by atoms with E-state index in [2.05, 4.69) is 16.0 Å². The van der Waals surface area contributed by atoms with Crippen molar-refractivity contribution in [3.63, 3.8) is 0 Å². The second-order valence-corrected chi connectivity index (χ2v) is 5.99. The minimum atomic E-state index is -0.408. The fraction of sp³-hybridized carbons (Fsp3) is 0.556. The second-order valence-electron chi connectivity index (χ2n) is 5.99. The number of hydrogen-bond acceptors (Lipinski definition) is 4. The molecule has 1 saturated heterocycles. The zero-order valence-electron chi connectivity index (χ0n) is 14.1. The molecule has 0 saturated carbocycles. The highest BCUT2D eigenvalue weighted by Gasteiger charge is 2.19. The van der Waals surface area contributed by atoms with Gasteiger partial charge in [0.25, 0.3) is 0 Å². The summed E-state index contributed by atoms with van der Waals surface area (Å²) in [6.07, 6.45) is 4.40. The van der Waals surface area contributed by atoms with Gasteiger partial charge >= 0.3 is 6.09 Å². The van der Waals surface area contributed by atoms with Crippen LogP contribution in [0, 0.1) is 0 Å². The fourth-order valence-electron chi connectivity index (χ4n) is 2.62. The van der Waals surface area contributed by atoms with E-state index in [1.54, 1.807) is 0 Å². The van der Waals surface area contributed by atoms with Crippen molar-refractivity contribution in [2.75, 3.05) is 19.6 Å². The van der Waals surface area contributed by atoms with Crippen LogP contribution in [0.2, 0.25) is 0 Å². The van der Waals surface area contributed by atoms with Crippen molar-refractivity contribution in [1.82, 2.24) is 16.0 Å². The first-order valence-electron chi connectivity index (χ1n) is 8.71. The first-order valence-corrected chi connectivity index (χ1v) is 8.71. The van der Waals surface area contributed by atoms with Gasteiger partial charge < -0.3 is 20.7 Å². The molecule has 3 N–H and O–H groups in total. The molecule has 6 heteroatoms. The molecule has 24 heavy (non-hydrogen) atoms. The molecule has 0 bridgehead atoms. The molecule has 0 aliphatic carbocycles. The molecule has 1 heterocycles. The molecule has 0 aromatic heterocycles. The van der Waals surface area contributed by atoms with Crippen molar-refractivity contribution >= 4 is 12.0 Å². The number of amides is 2. The van der Waals surface area contributed by atoms with Crippen molar-refractivity contribution in [3.05, 3.63) is 35.9 Å². The lowest BCUT2D eigenvalue weighted by Crippen LogP contribution is -2.46. The smallest absolute Gasteiger partial charge is 0.407 e. The highest BCUT2D eigenvalue weighted by Crippen LogP contribution is 2.06. The molecule has 1 aliphatic rings. The number of rotatable bonds is 8. The summed E-state index contributed by atoms with van der Waals surface area (Å²) in [4.78, 5) is 23.4. The molecule has 1 unspecified atom stereocenters. The van der Waals surface area contributed by atoms with Crippen LogP contribution in [0.3, 0.4) is 0 Å². The Hall–Kier alpha value is -2.08. The summed E-state index contributed by atoms with van der Waals surface area (Å²) in [5, 5.41) is 8.89. The Labute approximate surface area is 143 Å². The Morgan fingerprint density at radius 1 is 1.08 bits per heavy atom. The maximum absolute atomic E-state index is 11.9. The number of ether oxygens (including phenoxy) is 1. The van der Waals surface area contributed by atoms with E-state index in [1.807, 2.05) is 30.3 Å². The molecule has 2 amide bonds. The van der Waals surface area contributed by atoms with Crippen LogP contribution in [0.4, 0.5) is 4.79 Å². The molecule has 1 aromatic rings. The number of unbranched alkanes of at least 4 members (excludes halogenated alkanes) is 1. The number of nitrogens with one attached hydrogen (secondary N) is 3. The number of alkyl carbamates (subject to hydrolysis) is 1. The van der Waals surface area contributed by atoms with Crippen molar-refractivity contribution in [2.45, 2.75) is 44.8 Å². The third-order valence-corrected chi connectivity index (χ3v) is 4.01. The lowest BCUT2D eigenvalue weighted by molar-refractivity contribution is -0.123. The second kappa shape index (κ2) is 10.6. The average molecular weight is 333 g/mol. The third kappa shape index (κ3) is 7.00. The van der Waals surface area contributed by atoms with Crippen molar-refractivity contribution in [1.29, 1.82) is 0 Å². The van der Waals surface area contributed by atoms with Crippen LogP contribution in [0.1, 0.15) is 37.7 Å². The van der Waals surface area contributed by atoms with E-state index in [9.17, 15) is 9.59 Å². The molecule has 0 spiro atoms. The fourth-order valence-corrected chi connectivity index (χ4v) is 2.62. The summed E-state index contributed by atoms with van der Waals surface area (Å²) < 4.78 is 5.12. The molecule has 132 valence electrons. The third-order valence-electron chi connectivity index (χ3n) is 4.01. The molecular formula is C18H27N3O3. The summed E-state index contributed by atoms with van der Waals surface area (Å²) in [5.74, 6) is 0.0879. The average Bonchev–Trinajstić information content (AvgIpc) is 2.64. The van der Waals surface area contributed by atoms with Gasteiger partial charge in [-0.25, -0.2) is 4.79 Å². The first-order chi connectivity index (χ1) is 11.8. The van der Waals surface area contributed by atoms with E-state index in [1.165, 1.54) is 0 Å². The summed E-state index contributed by atoms with van der Waals surface area (Å²) in [6.45, 7) is 2.38. The van der Waals surface area contributed by atoms with Crippen LogP contribution >= 0.6 is 0 Å². The Balaban J connectivity index is 1.46. The number of hydrogen-bond donors (Lipinski definition) is 3. The van der Waals surface area contributed by atoms with Crippen LogP contribution in [0.25, 0.3) is 0 Å². The Bertz CT molecular complexity index is 501. The van der Waals surface area contributed by atoms with Crippen LogP contribution in [-0.2, 0) is 16.1 Å². The summed E-state index contributed by atoms with van der Waals surface area (Å²) in [7, 11) is 0. The van der Waals surface area contributed by atoms with Crippen LogP contribution < -0.4 is 16.0 Å². The summed E-state index contributed by atoms with van der Waals surface area (Å²) >= 11 is 0. The van der Waals surface area contributed by atoms with Gasteiger partial charge in [0.1, 0.15) is 6.61 Å². The van der Waals surface area contributed by atoms with E-state index in [0.29, 0.717) is 13.1 Å². The van der Waals surface area contributed by atoms with E-state index >= 15 is 0 Å². The molecule has 1 fully saturated rings. The molecule has 1 aliphatic heterocycles. The Morgan fingerprint density at radius 2 is 1.83 bits per heavy atom. The SMILES string of the molecule is O=C(NCCCCNC(=O)C1CCCCN1)OCc1ccccc1. The van der Waals surface area contributed by atoms with E-state index in [4.69, 9.17) is 4.74 Å². The lowest BCUT2D eigenvalue weighted by atomic mass is 10.0. The maximum atomic E-state index is 11.9. The predicted octanol–water partition coefficient (Wildman–Crippen LogP) is 1.95. The standard InChI is InChI=1S/C18H27N3O3/c22-17(16-10-4-5-11-19-16)20-12-6-7-13-21-18(23)24-14-15-8-2-1-3-9-15/h1-3,8-9,16,19H,4-7,10-14H2,(H,20,22)(H,21,23). The normalized spacial score (nSPS) is 17.1. The van der Waals surface area contributed by atoms with E-state index in [0.717, 1.165) is 44.2 Å². The van der Waals surface area contributed by atoms with Gasteiger partial charge in [0.15, 0.2) is 0 Å². The van der Waals surface area contributed by atoms with E-state index in [-0.39, 0.29) is 18.6 Å². The molecule has 1 aromatic carbocycles. The van der Waals surface area contributed by atoms with Gasteiger partial charge in [0.2, 0.25) is 5.91 Å². The maximum Gasteiger partial charge on any atom is 0.407 e. The van der Waals surface area contributed by atoms with Crippen LogP contribution in [0.5, 0.6) is 0 Å². The van der Waals surface area contributed by atoms with Crippen molar-refractivity contribution in [2.24, 2.45) is 0 Å². The number of piperidine rings is 1. The van der Waals surface area contributed by atoms with Gasteiger partial charge in [-0.1, -0.05) is 36.8 Å². The number of carbonyl (C=O) groups excluding carboxylic acids is 2. The summed E-state index contributed by atoms with van der Waals surface area (Å²) in [6, 6.07) is 9.53. The predicted molar refractivity (Wildman–Crippen MR) is 92.5 cm³/mol.